The minimum atomic E-state index is -0.876. The lowest BCUT2D eigenvalue weighted by Gasteiger charge is -1.96. The van der Waals surface area contributed by atoms with Crippen molar-refractivity contribution < 1.29 is 9.90 Å². The Morgan fingerprint density at radius 2 is 2.13 bits per heavy atom. The average molecular weight is 201 g/mol. The standard InChI is InChI=1S/C12H11NO2/c14-12(15)9-3-4-11-5-10(8-1-2-8)7-13(11)6-9/h3-8H,1-2H2,(H,14,15). The molecule has 0 radical (unpaired) electrons. The van der Waals surface area contributed by atoms with Gasteiger partial charge in [-0.3, -0.25) is 0 Å². The molecule has 3 nitrogen and oxygen atoms in total. The molecule has 1 aliphatic rings. The number of pyridine rings is 1. The fraction of sp³-hybridized carbons (Fsp3) is 0.250. The maximum atomic E-state index is 10.8. The summed E-state index contributed by atoms with van der Waals surface area (Å²) >= 11 is 0. The van der Waals surface area contributed by atoms with E-state index >= 15 is 0 Å². The van der Waals surface area contributed by atoms with Gasteiger partial charge in [0, 0.05) is 17.9 Å². The van der Waals surface area contributed by atoms with Crippen LogP contribution in [0, 0.1) is 0 Å². The number of fused-ring (bicyclic) bond motifs is 1. The number of hydrogen-bond acceptors (Lipinski definition) is 1. The molecule has 2 heterocycles. The largest absolute Gasteiger partial charge is 0.478 e. The van der Waals surface area contributed by atoms with Crippen molar-refractivity contribution in [2.45, 2.75) is 18.8 Å². The van der Waals surface area contributed by atoms with E-state index in [1.54, 1.807) is 12.3 Å². The van der Waals surface area contributed by atoms with Crippen LogP contribution in [0.25, 0.3) is 5.52 Å². The highest BCUT2D eigenvalue weighted by atomic mass is 16.4. The van der Waals surface area contributed by atoms with E-state index in [-0.39, 0.29) is 0 Å². The van der Waals surface area contributed by atoms with E-state index in [4.69, 9.17) is 5.11 Å². The number of aromatic nitrogens is 1. The number of aromatic carboxylic acids is 1. The predicted octanol–water partition coefficient (Wildman–Crippen LogP) is 2.51. The van der Waals surface area contributed by atoms with Crippen LogP contribution < -0.4 is 0 Å². The van der Waals surface area contributed by atoms with Crippen LogP contribution in [0.3, 0.4) is 0 Å². The summed E-state index contributed by atoms with van der Waals surface area (Å²) in [6.45, 7) is 0. The second-order valence-electron chi connectivity index (χ2n) is 4.10. The van der Waals surface area contributed by atoms with Crippen molar-refractivity contribution >= 4 is 11.5 Å². The molecule has 1 fully saturated rings. The zero-order chi connectivity index (χ0) is 10.4. The topological polar surface area (TPSA) is 41.7 Å². The van der Waals surface area contributed by atoms with Crippen molar-refractivity contribution in [1.82, 2.24) is 4.40 Å². The van der Waals surface area contributed by atoms with Crippen LogP contribution in [0.15, 0.2) is 30.6 Å². The molecule has 0 saturated heterocycles. The fourth-order valence-corrected chi connectivity index (χ4v) is 1.90. The van der Waals surface area contributed by atoms with Crippen LogP contribution in [0.1, 0.15) is 34.7 Å². The van der Waals surface area contributed by atoms with E-state index in [0.717, 1.165) is 5.52 Å². The van der Waals surface area contributed by atoms with Crippen molar-refractivity contribution in [1.29, 1.82) is 0 Å². The quantitative estimate of drug-likeness (QED) is 0.811. The highest BCUT2D eigenvalue weighted by Crippen LogP contribution is 2.40. The van der Waals surface area contributed by atoms with Crippen LogP contribution in [0.4, 0.5) is 0 Å². The molecule has 3 heteroatoms. The highest BCUT2D eigenvalue weighted by Gasteiger charge is 2.24. The molecule has 1 saturated carbocycles. The zero-order valence-electron chi connectivity index (χ0n) is 8.18. The van der Waals surface area contributed by atoms with Gasteiger partial charge in [0.05, 0.1) is 5.56 Å². The lowest BCUT2D eigenvalue weighted by molar-refractivity contribution is 0.0696. The van der Waals surface area contributed by atoms with Crippen molar-refractivity contribution in [2.24, 2.45) is 0 Å². The number of nitrogens with zero attached hydrogens (tertiary/aromatic N) is 1. The third-order valence-electron chi connectivity index (χ3n) is 2.91. The van der Waals surface area contributed by atoms with E-state index in [1.165, 1.54) is 18.4 Å². The predicted molar refractivity (Wildman–Crippen MR) is 56.3 cm³/mol. The lowest BCUT2D eigenvalue weighted by atomic mass is 10.2. The van der Waals surface area contributed by atoms with Gasteiger partial charge in [-0.1, -0.05) is 0 Å². The minimum Gasteiger partial charge on any atom is -0.478 e. The molecule has 76 valence electrons. The molecule has 2 aromatic rings. The summed E-state index contributed by atoms with van der Waals surface area (Å²) in [5.41, 5.74) is 2.74. The SMILES string of the molecule is O=C(O)c1ccc2cc(C3CC3)cn2c1. The van der Waals surface area contributed by atoms with Crippen LogP contribution in [0.2, 0.25) is 0 Å². The van der Waals surface area contributed by atoms with Gasteiger partial charge in [0.25, 0.3) is 0 Å². The summed E-state index contributed by atoms with van der Waals surface area (Å²) in [6, 6.07) is 5.65. The molecule has 0 aromatic carbocycles. The Morgan fingerprint density at radius 3 is 2.80 bits per heavy atom. The summed E-state index contributed by atoms with van der Waals surface area (Å²) in [5, 5.41) is 8.86. The molecule has 0 bridgehead atoms. The van der Waals surface area contributed by atoms with E-state index in [1.807, 2.05) is 16.7 Å². The van der Waals surface area contributed by atoms with E-state index in [0.29, 0.717) is 11.5 Å². The first-order valence-electron chi connectivity index (χ1n) is 5.09. The second kappa shape index (κ2) is 2.86. The van der Waals surface area contributed by atoms with Crippen LogP contribution in [-0.4, -0.2) is 15.5 Å². The Hall–Kier alpha value is -1.77. The van der Waals surface area contributed by atoms with Crippen LogP contribution in [-0.2, 0) is 0 Å². The Balaban J connectivity index is 2.13. The summed E-state index contributed by atoms with van der Waals surface area (Å²) in [5.74, 6) is -0.170. The van der Waals surface area contributed by atoms with Crippen molar-refractivity contribution in [2.75, 3.05) is 0 Å². The molecular formula is C12H11NO2. The van der Waals surface area contributed by atoms with Gasteiger partial charge in [-0.15, -0.1) is 0 Å². The maximum absolute atomic E-state index is 10.8. The monoisotopic (exact) mass is 201 g/mol. The van der Waals surface area contributed by atoms with E-state index in [9.17, 15) is 4.79 Å². The summed E-state index contributed by atoms with van der Waals surface area (Å²) in [6.07, 6.45) is 6.24. The van der Waals surface area contributed by atoms with E-state index < -0.39 is 5.97 Å². The molecule has 15 heavy (non-hydrogen) atoms. The fourth-order valence-electron chi connectivity index (χ4n) is 1.90. The summed E-state index contributed by atoms with van der Waals surface area (Å²) in [7, 11) is 0. The number of carboxylic acids is 1. The van der Waals surface area contributed by atoms with Crippen molar-refractivity contribution in [3.8, 4) is 0 Å². The maximum Gasteiger partial charge on any atom is 0.337 e. The highest BCUT2D eigenvalue weighted by molar-refractivity contribution is 5.87. The molecule has 2 aromatic heterocycles. The third-order valence-corrected chi connectivity index (χ3v) is 2.91. The number of carboxylic acid groups (broad SMARTS) is 1. The first-order chi connectivity index (χ1) is 7.24. The van der Waals surface area contributed by atoms with E-state index in [2.05, 4.69) is 6.07 Å². The Labute approximate surface area is 87.0 Å². The molecule has 1 N–H and O–H groups in total. The van der Waals surface area contributed by atoms with Gasteiger partial charge in [0.2, 0.25) is 0 Å². The first-order valence-corrected chi connectivity index (χ1v) is 5.09. The molecule has 0 unspecified atom stereocenters. The Morgan fingerprint density at radius 1 is 1.33 bits per heavy atom. The zero-order valence-corrected chi connectivity index (χ0v) is 8.18. The lowest BCUT2D eigenvalue weighted by Crippen LogP contribution is -1.97. The third kappa shape index (κ3) is 1.40. The Kier molecular flexibility index (Phi) is 1.63. The molecule has 3 rings (SSSR count). The Bertz CT molecular complexity index is 538. The molecule has 0 aliphatic heterocycles. The number of rotatable bonds is 2. The smallest absolute Gasteiger partial charge is 0.337 e. The first kappa shape index (κ1) is 8.53. The van der Waals surface area contributed by atoms with Gasteiger partial charge in [0.15, 0.2) is 0 Å². The van der Waals surface area contributed by atoms with Gasteiger partial charge in [-0.2, -0.15) is 0 Å². The average Bonchev–Trinajstić information content (AvgIpc) is 2.97. The van der Waals surface area contributed by atoms with Crippen molar-refractivity contribution in [3.63, 3.8) is 0 Å². The van der Waals surface area contributed by atoms with Gasteiger partial charge in [0.1, 0.15) is 0 Å². The normalized spacial score (nSPS) is 15.7. The van der Waals surface area contributed by atoms with Crippen LogP contribution in [0.5, 0.6) is 0 Å². The summed E-state index contributed by atoms with van der Waals surface area (Å²) < 4.78 is 1.90. The van der Waals surface area contributed by atoms with Gasteiger partial charge < -0.3 is 9.51 Å². The van der Waals surface area contributed by atoms with Gasteiger partial charge in [-0.05, 0) is 42.5 Å². The number of hydrogen-bond donors (Lipinski definition) is 1. The molecule has 0 atom stereocenters. The van der Waals surface area contributed by atoms with Gasteiger partial charge >= 0.3 is 5.97 Å². The molecule has 0 spiro atoms. The molecule has 0 amide bonds. The minimum absolute atomic E-state index is 0.334. The summed E-state index contributed by atoms with van der Waals surface area (Å²) in [4.78, 5) is 10.8. The van der Waals surface area contributed by atoms with Crippen LogP contribution >= 0.6 is 0 Å². The second-order valence-corrected chi connectivity index (χ2v) is 4.10. The van der Waals surface area contributed by atoms with Crippen molar-refractivity contribution in [3.05, 3.63) is 41.7 Å². The molecule has 1 aliphatic carbocycles. The number of carbonyl (C=O) groups is 1. The van der Waals surface area contributed by atoms with Gasteiger partial charge in [-0.25, -0.2) is 4.79 Å². The molecular weight excluding hydrogens is 190 g/mol.